The van der Waals surface area contributed by atoms with E-state index in [-0.39, 0.29) is 23.1 Å². The second kappa shape index (κ2) is 7.45. The molecule has 112 valence electrons. The molecule has 4 nitrogen and oxygen atoms in total. The summed E-state index contributed by atoms with van der Waals surface area (Å²) in [5.41, 5.74) is 0.222. The first-order valence-electron chi connectivity index (χ1n) is 6.45. The van der Waals surface area contributed by atoms with E-state index in [1.165, 1.54) is 12.1 Å². The molecule has 0 spiro atoms. The number of anilines is 1. The molecule has 0 aliphatic rings. The highest BCUT2D eigenvalue weighted by Crippen LogP contribution is 2.22. The van der Waals surface area contributed by atoms with Crippen molar-refractivity contribution in [2.45, 2.75) is 26.7 Å². The Bertz CT molecular complexity index is 466. The van der Waals surface area contributed by atoms with E-state index in [1.807, 2.05) is 13.8 Å². The van der Waals surface area contributed by atoms with Gasteiger partial charge in [0.1, 0.15) is 5.82 Å². The number of aliphatic hydroxyl groups excluding tert-OH is 1. The van der Waals surface area contributed by atoms with Crippen LogP contribution in [0, 0.1) is 11.2 Å². The van der Waals surface area contributed by atoms with Crippen molar-refractivity contribution in [2.24, 2.45) is 5.41 Å². The standard InChI is InChI=1S/C14H20ClFN2O2/c1-14(2,9-19)6-3-7-17-13(20)18-12-5-4-10(16)8-11(12)15/h4-5,8,19H,3,6-7,9H2,1-2H3,(H2,17,18,20). The lowest BCUT2D eigenvalue weighted by Crippen LogP contribution is -2.30. The molecule has 3 N–H and O–H groups in total. The Labute approximate surface area is 123 Å². The summed E-state index contributed by atoms with van der Waals surface area (Å²) in [5.74, 6) is -0.452. The summed E-state index contributed by atoms with van der Waals surface area (Å²) in [6.07, 6.45) is 1.57. The van der Waals surface area contributed by atoms with Crippen LogP contribution in [-0.4, -0.2) is 24.3 Å². The molecule has 20 heavy (non-hydrogen) atoms. The minimum Gasteiger partial charge on any atom is -0.396 e. The minimum absolute atomic E-state index is 0.115. The molecule has 0 fully saturated rings. The number of hydrogen-bond donors (Lipinski definition) is 3. The van der Waals surface area contributed by atoms with Crippen LogP contribution in [-0.2, 0) is 0 Å². The number of amides is 2. The summed E-state index contributed by atoms with van der Waals surface area (Å²) in [7, 11) is 0. The molecule has 0 atom stereocenters. The highest BCUT2D eigenvalue weighted by atomic mass is 35.5. The molecule has 0 aliphatic heterocycles. The molecule has 2 amide bonds. The molecule has 1 aromatic carbocycles. The summed E-state index contributed by atoms with van der Waals surface area (Å²) in [5, 5.41) is 14.5. The van der Waals surface area contributed by atoms with Crippen LogP contribution in [0.15, 0.2) is 18.2 Å². The van der Waals surface area contributed by atoms with E-state index in [2.05, 4.69) is 10.6 Å². The number of benzene rings is 1. The van der Waals surface area contributed by atoms with Crippen molar-refractivity contribution in [1.82, 2.24) is 5.32 Å². The summed E-state index contributed by atoms with van der Waals surface area (Å²) in [4.78, 5) is 11.6. The smallest absolute Gasteiger partial charge is 0.319 e. The largest absolute Gasteiger partial charge is 0.396 e. The lowest BCUT2D eigenvalue weighted by molar-refractivity contribution is 0.148. The van der Waals surface area contributed by atoms with Gasteiger partial charge in [0.15, 0.2) is 0 Å². The topological polar surface area (TPSA) is 61.4 Å². The third kappa shape index (κ3) is 5.75. The third-order valence-electron chi connectivity index (χ3n) is 2.92. The van der Waals surface area contributed by atoms with Crippen LogP contribution in [0.25, 0.3) is 0 Å². The van der Waals surface area contributed by atoms with Gasteiger partial charge in [0, 0.05) is 13.2 Å². The first-order chi connectivity index (χ1) is 9.34. The van der Waals surface area contributed by atoms with Gasteiger partial charge < -0.3 is 15.7 Å². The Kier molecular flexibility index (Phi) is 6.23. The molecule has 0 saturated carbocycles. The van der Waals surface area contributed by atoms with Crippen LogP contribution in [0.4, 0.5) is 14.9 Å². The zero-order chi connectivity index (χ0) is 15.2. The maximum atomic E-state index is 12.8. The van der Waals surface area contributed by atoms with Crippen LogP contribution < -0.4 is 10.6 Å². The van der Waals surface area contributed by atoms with Crippen LogP contribution in [0.3, 0.4) is 0 Å². The van der Waals surface area contributed by atoms with Crippen molar-refractivity contribution in [3.8, 4) is 0 Å². The molecule has 0 saturated heterocycles. The highest BCUT2D eigenvalue weighted by molar-refractivity contribution is 6.33. The molecule has 0 aromatic heterocycles. The van der Waals surface area contributed by atoms with Gasteiger partial charge in [0.05, 0.1) is 10.7 Å². The van der Waals surface area contributed by atoms with Gasteiger partial charge >= 0.3 is 6.03 Å². The Morgan fingerprint density at radius 3 is 2.75 bits per heavy atom. The van der Waals surface area contributed by atoms with Gasteiger partial charge in [-0.1, -0.05) is 25.4 Å². The maximum absolute atomic E-state index is 12.8. The molecular formula is C14H20ClFN2O2. The third-order valence-corrected chi connectivity index (χ3v) is 3.24. The molecular weight excluding hydrogens is 283 g/mol. The van der Waals surface area contributed by atoms with Crippen molar-refractivity contribution in [3.63, 3.8) is 0 Å². The summed E-state index contributed by atoms with van der Waals surface area (Å²) >= 11 is 5.80. The van der Waals surface area contributed by atoms with E-state index < -0.39 is 5.82 Å². The quantitative estimate of drug-likeness (QED) is 0.705. The molecule has 1 rings (SSSR count). The molecule has 0 radical (unpaired) electrons. The molecule has 0 unspecified atom stereocenters. The van der Waals surface area contributed by atoms with Gasteiger partial charge in [0.2, 0.25) is 0 Å². The average molecular weight is 303 g/mol. The predicted octanol–water partition coefficient (Wildman–Crippen LogP) is 3.40. The number of rotatable bonds is 6. The fourth-order valence-corrected chi connectivity index (χ4v) is 1.82. The lowest BCUT2D eigenvalue weighted by atomic mass is 9.89. The summed E-state index contributed by atoms with van der Waals surface area (Å²) in [6, 6.07) is 3.39. The minimum atomic E-state index is -0.452. The molecule has 0 aliphatic carbocycles. The van der Waals surface area contributed by atoms with Crippen molar-refractivity contribution in [3.05, 3.63) is 29.0 Å². The fraction of sp³-hybridized carbons (Fsp3) is 0.500. The first-order valence-corrected chi connectivity index (χ1v) is 6.82. The Morgan fingerprint density at radius 1 is 1.45 bits per heavy atom. The summed E-state index contributed by atoms with van der Waals surface area (Å²) < 4.78 is 12.8. The van der Waals surface area contributed by atoms with Gasteiger partial charge in [-0.15, -0.1) is 0 Å². The van der Waals surface area contributed by atoms with E-state index in [0.29, 0.717) is 12.2 Å². The summed E-state index contributed by atoms with van der Waals surface area (Å²) in [6.45, 7) is 4.54. The normalized spacial score (nSPS) is 11.2. The van der Waals surface area contributed by atoms with E-state index >= 15 is 0 Å². The molecule has 0 bridgehead atoms. The van der Waals surface area contributed by atoms with Gasteiger partial charge in [-0.25, -0.2) is 9.18 Å². The lowest BCUT2D eigenvalue weighted by Gasteiger charge is -2.21. The SMILES string of the molecule is CC(C)(CO)CCCNC(=O)Nc1ccc(F)cc1Cl. The zero-order valence-electron chi connectivity index (χ0n) is 11.7. The number of carbonyl (C=O) groups is 1. The van der Waals surface area contributed by atoms with Gasteiger partial charge in [0.25, 0.3) is 0 Å². The molecule has 1 aromatic rings. The van der Waals surface area contributed by atoms with E-state index in [0.717, 1.165) is 18.9 Å². The first kappa shape index (κ1) is 16.7. The second-order valence-electron chi connectivity index (χ2n) is 5.43. The number of hydrogen-bond acceptors (Lipinski definition) is 2. The number of urea groups is 1. The highest BCUT2D eigenvalue weighted by Gasteiger charge is 2.15. The van der Waals surface area contributed by atoms with Gasteiger partial charge in [-0.3, -0.25) is 0 Å². The van der Waals surface area contributed by atoms with Crippen molar-refractivity contribution in [2.75, 3.05) is 18.5 Å². The van der Waals surface area contributed by atoms with E-state index in [9.17, 15) is 9.18 Å². The number of aliphatic hydroxyl groups is 1. The number of halogens is 2. The maximum Gasteiger partial charge on any atom is 0.319 e. The average Bonchev–Trinajstić information content (AvgIpc) is 2.38. The van der Waals surface area contributed by atoms with Crippen LogP contribution in [0.5, 0.6) is 0 Å². The van der Waals surface area contributed by atoms with E-state index in [1.54, 1.807) is 0 Å². The van der Waals surface area contributed by atoms with E-state index in [4.69, 9.17) is 16.7 Å². The number of nitrogens with one attached hydrogen (secondary N) is 2. The number of carbonyl (C=O) groups excluding carboxylic acids is 1. The Balaban J connectivity index is 2.34. The zero-order valence-corrected chi connectivity index (χ0v) is 12.4. The van der Waals surface area contributed by atoms with Crippen LogP contribution in [0.2, 0.25) is 5.02 Å². The molecule has 0 heterocycles. The van der Waals surface area contributed by atoms with Crippen LogP contribution in [0.1, 0.15) is 26.7 Å². The van der Waals surface area contributed by atoms with Gasteiger partial charge in [-0.05, 0) is 36.5 Å². The van der Waals surface area contributed by atoms with Crippen LogP contribution >= 0.6 is 11.6 Å². The van der Waals surface area contributed by atoms with Crippen molar-refractivity contribution >= 4 is 23.3 Å². The Hall–Kier alpha value is -1.33. The Morgan fingerprint density at radius 2 is 2.15 bits per heavy atom. The monoisotopic (exact) mass is 302 g/mol. The predicted molar refractivity (Wildman–Crippen MR) is 78.5 cm³/mol. The van der Waals surface area contributed by atoms with Crippen molar-refractivity contribution in [1.29, 1.82) is 0 Å². The van der Waals surface area contributed by atoms with Gasteiger partial charge in [-0.2, -0.15) is 0 Å². The second-order valence-corrected chi connectivity index (χ2v) is 5.84. The van der Waals surface area contributed by atoms with Crippen molar-refractivity contribution < 1.29 is 14.3 Å². The fourth-order valence-electron chi connectivity index (χ4n) is 1.61. The molecule has 6 heteroatoms.